The average Bonchev–Trinajstić information content (AvgIpc) is 2.26. The topological polar surface area (TPSA) is 72.3 Å². The molecule has 0 aromatic carbocycles. The van der Waals surface area contributed by atoms with Crippen molar-refractivity contribution in [1.82, 2.24) is 4.90 Å². The summed E-state index contributed by atoms with van der Waals surface area (Å²) >= 11 is 0. The monoisotopic (exact) mass is 227 g/mol. The zero-order valence-corrected chi connectivity index (χ0v) is 10.5. The Morgan fingerprint density at radius 2 is 2.25 bits per heavy atom. The average molecular weight is 227 g/mol. The number of primary amides is 1. The molecule has 0 spiro atoms. The van der Waals surface area contributed by atoms with Gasteiger partial charge in [-0.15, -0.1) is 0 Å². The summed E-state index contributed by atoms with van der Waals surface area (Å²) in [5.41, 5.74) is 10.2. The highest BCUT2D eigenvalue weighted by molar-refractivity contribution is 5.83. The van der Waals surface area contributed by atoms with Crippen LogP contribution in [0.15, 0.2) is 0 Å². The lowest BCUT2D eigenvalue weighted by atomic mass is 9.93. The van der Waals surface area contributed by atoms with Crippen LogP contribution in [0.5, 0.6) is 0 Å². The predicted molar refractivity (Wildman–Crippen MR) is 65.9 cm³/mol. The minimum absolute atomic E-state index is 0.406. The highest BCUT2D eigenvalue weighted by atomic mass is 16.1. The lowest BCUT2D eigenvalue weighted by Gasteiger charge is -2.34. The van der Waals surface area contributed by atoms with E-state index in [1.54, 1.807) is 6.92 Å². The number of carbonyl (C=O) groups is 1. The first-order valence-electron chi connectivity index (χ1n) is 6.27. The van der Waals surface area contributed by atoms with E-state index in [0.29, 0.717) is 6.42 Å². The summed E-state index contributed by atoms with van der Waals surface area (Å²) in [6.07, 6.45) is 4.49. The smallest absolute Gasteiger partial charge is 0.237 e. The maximum atomic E-state index is 11.1. The van der Waals surface area contributed by atoms with Crippen LogP contribution in [0, 0.1) is 5.92 Å². The number of hydrogen-bond donors (Lipinski definition) is 2. The molecule has 1 rings (SSSR count). The maximum absolute atomic E-state index is 11.1. The van der Waals surface area contributed by atoms with E-state index in [1.807, 2.05) is 0 Å². The first-order chi connectivity index (χ1) is 7.45. The van der Waals surface area contributed by atoms with E-state index in [-0.39, 0.29) is 0 Å². The molecule has 2 unspecified atom stereocenters. The molecule has 0 radical (unpaired) electrons. The van der Waals surface area contributed by atoms with Crippen LogP contribution in [0.1, 0.15) is 39.5 Å². The van der Waals surface area contributed by atoms with Crippen LogP contribution >= 0.6 is 0 Å². The van der Waals surface area contributed by atoms with E-state index in [4.69, 9.17) is 11.5 Å². The van der Waals surface area contributed by atoms with Gasteiger partial charge in [-0.25, -0.2) is 0 Å². The lowest BCUT2D eigenvalue weighted by molar-refractivity contribution is -0.122. The largest absolute Gasteiger partial charge is 0.368 e. The molecule has 0 saturated carbocycles. The number of carbonyl (C=O) groups excluding carboxylic acids is 1. The van der Waals surface area contributed by atoms with E-state index in [1.165, 1.54) is 19.3 Å². The van der Waals surface area contributed by atoms with Gasteiger partial charge in [0.1, 0.15) is 0 Å². The number of nitrogens with zero attached hydrogens (tertiary/aromatic N) is 1. The molecule has 0 aromatic rings. The summed E-state index contributed by atoms with van der Waals surface area (Å²) in [6.45, 7) is 7.12. The molecule has 4 nitrogen and oxygen atoms in total. The number of amides is 1. The number of piperidine rings is 1. The molecule has 16 heavy (non-hydrogen) atoms. The summed E-state index contributed by atoms with van der Waals surface area (Å²) in [7, 11) is 0. The summed E-state index contributed by atoms with van der Waals surface area (Å²) < 4.78 is 0. The molecule has 1 aliphatic rings. The first-order valence-corrected chi connectivity index (χ1v) is 6.27. The Bertz CT molecular complexity index is 240. The van der Waals surface area contributed by atoms with Crippen LogP contribution in [0.3, 0.4) is 0 Å². The summed E-state index contributed by atoms with van der Waals surface area (Å²) in [4.78, 5) is 13.5. The highest BCUT2D eigenvalue weighted by Gasteiger charge is 2.27. The lowest BCUT2D eigenvalue weighted by Crippen LogP contribution is -2.51. The van der Waals surface area contributed by atoms with Gasteiger partial charge in [0.25, 0.3) is 0 Å². The normalized spacial score (nSPS) is 26.3. The summed E-state index contributed by atoms with van der Waals surface area (Å²) in [6, 6.07) is 0. The van der Waals surface area contributed by atoms with Crippen molar-refractivity contribution in [2.75, 3.05) is 19.6 Å². The van der Waals surface area contributed by atoms with E-state index < -0.39 is 11.4 Å². The quantitative estimate of drug-likeness (QED) is 0.726. The van der Waals surface area contributed by atoms with Crippen molar-refractivity contribution in [3.8, 4) is 0 Å². The van der Waals surface area contributed by atoms with Gasteiger partial charge in [-0.2, -0.15) is 0 Å². The van der Waals surface area contributed by atoms with Gasteiger partial charge in [-0.05, 0) is 38.6 Å². The van der Waals surface area contributed by atoms with Crippen molar-refractivity contribution < 1.29 is 4.79 Å². The Hall–Kier alpha value is -0.610. The Balaban J connectivity index is 2.35. The number of rotatable bonds is 5. The summed E-state index contributed by atoms with van der Waals surface area (Å²) in [5.74, 6) is 0.405. The maximum Gasteiger partial charge on any atom is 0.237 e. The third-order valence-electron chi connectivity index (χ3n) is 3.69. The van der Waals surface area contributed by atoms with Gasteiger partial charge in [0, 0.05) is 13.1 Å². The molecule has 0 bridgehead atoms. The molecule has 94 valence electrons. The zero-order chi connectivity index (χ0) is 12.2. The van der Waals surface area contributed by atoms with Gasteiger partial charge >= 0.3 is 0 Å². The molecule has 4 heteroatoms. The molecule has 1 heterocycles. The van der Waals surface area contributed by atoms with Crippen LogP contribution in [0.25, 0.3) is 0 Å². The van der Waals surface area contributed by atoms with Gasteiger partial charge in [0.2, 0.25) is 5.91 Å². The Morgan fingerprint density at radius 3 is 2.81 bits per heavy atom. The summed E-state index contributed by atoms with van der Waals surface area (Å²) in [5, 5.41) is 0. The molecule has 0 aromatic heterocycles. The molecule has 1 amide bonds. The zero-order valence-electron chi connectivity index (χ0n) is 10.5. The van der Waals surface area contributed by atoms with Crippen molar-refractivity contribution in [1.29, 1.82) is 0 Å². The standard InChI is InChI=1S/C12H25N3O/c1-3-10-5-4-7-15(9-10)8-6-12(2,14)11(13)16/h10H,3-9,14H2,1-2H3,(H2,13,16). The van der Waals surface area contributed by atoms with Crippen LogP contribution < -0.4 is 11.5 Å². The van der Waals surface area contributed by atoms with E-state index in [9.17, 15) is 4.79 Å². The third kappa shape index (κ3) is 3.76. The number of hydrogen-bond acceptors (Lipinski definition) is 3. The Kier molecular flexibility index (Phi) is 4.74. The predicted octanol–water partition coefficient (Wildman–Crippen LogP) is 0.701. The molecule has 4 N–H and O–H groups in total. The number of nitrogens with two attached hydrogens (primary N) is 2. The fourth-order valence-corrected chi connectivity index (χ4v) is 2.20. The minimum atomic E-state index is -0.862. The van der Waals surface area contributed by atoms with Crippen LogP contribution in [-0.4, -0.2) is 36.0 Å². The van der Waals surface area contributed by atoms with Crippen molar-refractivity contribution in [2.24, 2.45) is 17.4 Å². The minimum Gasteiger partial charge on any atom is -0.368 e. The molecule has 1 aliphatic heterocycles. The van der Waals surface area contributed by atoms with E-state index >= 15 is 0 Å². The van der Waals surface area contributed by atoms with Crippen molar-refractivity contribution in [2.45, 2.75) is 45.1 Å². The van der Waals surface area contributed by atoms with Crippen LogP contribution in [0.4, 0.5) is 0 Å². The van der Waals surface area contributed by atoms with E-state index in [2.05, 4.69) is 11.8 Å². The van der Waals surface area contributed by atoms with Crippen LogP contribution in [-0.2, 0) is 4.79 Å². The fourth-order valence-electron chi connectivity index (χ4n) is 2.20. The van der Waals surface area contributed by atoms with Crippen LogP contribution in [0.2, 0.25) is 0 Å². The second kappa shape index (κ2) is 5.64. The third-order valence-corrected chi connectivity index (χ3v) is 3.69. The van der Waals surface area contributed by atoms with Gasteiger partial charge in [-0.1, -0.05) is 13.3 Å². The number of likely N-dealkylation sites (tertiary alicyclic amines) is 1. The second-order valence-corrected chi connectivity index (χ2v) is 5.25. The highest BCUT2D eigenvalue weighted by Crippen LogP contribution is 2.20. The second-order valence-electron chi connectivity index (χ2n) is 5.25. The molecular formula is C12H25N3O. The van der Waals surface area contributed by atoms with Gasteiger partial charge < -0.3 is 16.4 Å². The fraction of sp³-hybridized carbons (Fsp3) is 0.917. The van der Waals surface area contributed by atoms with Gasteiger partial charge in [-0.3, -0.25) is 4.79 Å². The van der Waals surface area contributed by atoms with Crippen molar-refractivity contribution in [3.63, 3.8) is 0 Å². The first kappa shape index (κ1) is 13.5. The molecule has 1 fully saturated rings. The Morgan fingerprint density at radius 1 is 1.56 bits per heavy atom. The van der Waals surface area contributed by atoms with Gasteiger partial charge in [0.15, 0.2) is 0 Å². The Labute approximate surface area is 98.3 Å². The molecule has 1 saturated heterocycles. The molecule has 2 atom stereocenters. The SMILES string of the molecule is CCC1CCCN(CCC(C)(N)C(N)=O)C1. The molecule has 0 aliphatic carbocycles. The van der Waals surface area contributed by atoms with Crippen molar-refractivity contribution in [3.05, 3.63) is 0 Å². The molecular weight excluding hydrogens is 202 g/mol. The van der Waals surface area contributed by atoms with Gasteiger partial charge in [0.05, 0.1) is 5.54 Å². The van der Waals surface area contributed by atoms with Crippen molar-refractivity contribution >= 4 is 5.91 Å². The van der Waals surface area contributed by atoms with E-state index in [0.717, 1.165) is 25.6 Å².